The molecule has 2 aromatic heterocycles. The number of rotatable bonds is 7. The number of benzene rings is 2. The summed E-state index contributed by atoms with van der Waals surface area (Å²) in [6.07, 6.45) is 1.73. The second-order valence-electron chi connectivity index (χ2n) is 7.03. The van der Waals surface area contributed by atoms with Crippen LogP contribution in [0.3, 0.4) is 0 Å². The van der Waals surface area contributed by atoms with Gasteiger partial charge in [0.05, 0.1) is 28.5 Å². The number of aromatic nitrogens is 2. The molecule has 4 aromatic rings. The molecule has 2 heterocycles. The summed E-state index contributed by atoms with van der Waals surface area (Å²) in [5.74, 6) is 1.23. The van der Waals surface area contributed by atoms with Crippen molar-refractivity contribution in [2.24, 2.45) is 0 Å². The number of nitrogens with two attached hydrogens (primary N) is 1. The molecule has 2 aromatic carbocycles. The van der Waals surface area contributed by atoms with E-state index in [2.05, 4.69) is 15.3 Å². The van der Waals surface area contributed by atoms with E-state index in [0.717, 1.165) is 33.7 Å². The summed E-state index contributed by atoms with van der Waals surface area (Å²) in [7, 11) is 0. The summed E-state index contributed by atoms with van der Waals surface area (Å²) >= 11 is 6.46. The zero-order valence-corrected chi connectivity index (χ0v) is 18.1. The number of aryl methyl sites for hydroxylation is 1. The summed E-state index contributed by atoms with van der Waals surface area (Å²) in [4.78, 5) is 8.87. The Morgan fingerprint density at radius 3 is 2.65 bits per heavy atom. The van der Waals surface area contributed by atoms with Crippen LogP contribution < -0.4 is 20.5 Å². The molecule has 0 aliphatic heterocycles. The highest BCUT2D eigenvalue weighted by atomic mass is 35.5. The number of nitrogens with zero attached hydrogens (tertiary/aromatic N) is 2. The Bertz CT molecular complexity index is 1220. The molecule has 0 fully saturated rings. The third kappa shape index (κ3) is 4.81. The molecular formula is C24H23ClN4O2. The van der Waals surface area contributed by atoms with Gasteiger partial charge in [-0.1, -0.05) is 17.7 Å². The number of halogens is 1. The molecule has 0 aliphatic rings. The van der Waals surface area contributed by atoms with Crippen molar-refractivity contribution in [1.82, 2.24) is 9.97 Å². The molecule has 0 unspecified atom stereocenters. The van der Waals surface area contributed by atoms with Gasteiger partial charge in [0.15, 0.2) is 0 Å². The van der Waals surface area contributed by atoms with Gasteiger partial charge >= 0.3 is 0 Å². The van der Waals surface area contributed by atoms with Crippen molar-refractivity contribution < 1.29 is 9.47 Å². The van der Waals surface area contributed by atoms with Gasteiger partial charge in [-0.15, -0.1) is 0 Å². The molecule has 0 radical (unpaired) electrons. The van der Waals surface area contributed by atoms with Gasteiger partial charge in [-0.25, -0.2) is 0 Å². The predicted octanol–water partition coefficient (Wildman–Crippen LogP) is 5.90. The SMILES string of the molecule is CCOc1cc2nc(C)cc(Nc3ccc(OCc4ccccn4)c(Cl)c3)c2cc1N. The number of ether oxygens (including phenoxy) is 2. The van der Waals surface area contributed by atoms with Gasteiger partial charge in [0, 0.05) is 34.7 Å². The van der Waals surface area contributed by atoms with Crippen molar-refractivity contribution in [3.63, 3.8) is 0 Å². The third-order valence-corrected chi connectivity index (χ3v) is 4.98. The standard InChI is InChI=1S/C24H23ClN4O2/c1-3-30-24-13-22-18(12-20(24)26)21(10-15(2)28-22)29-16-7-8-23(19(25)11-16)31-14-17-6-4-5-9-27-17/h4-13H,3,14,26H2,1-2H3,(H,28,29). The highest BCUT2D eigenvalue weighted by molar-refractivity contribution is 6.32. The Hall–Kier alpha value is -3.51. The fourth-order valence-electron chi connectivity index (χ4n) is 3.27. The second kappa shape index (κ2) is 9.10. The minimum Gasteiger partial charge on any atom is -0.492 e. The highest BCUT2D eigenvalue weighted by Crippen LogP contribution is 2.35. The largest absolute Gasteiger partial charge is 0.492 e. The summed E-state index contributed by atoms with van der Waals surface area (Å²) < 4.78 is 11.4. The van der Waals surface area contributed by atoms with Crippen LogP contribution in [0.25, 0.3) is 10.9 Å². The maximum absolute atomic E-state index is 6.46. The molecule has 4 rings (SSSR count). The average Bonchev–Trinajstić information content (AvgIpc) is 2.75. The summed E-state index contributed by atoms with van der Waals surface area (Å²) in [5.41, 5.74) is 11.0. The van der Waals surface area contributed by atoms with Crippen molar-refractivity contribution in [1.29, 1.82) is 0 Å². The molecule has 158 valence electrons. The first-order chi connectivity index (χ1) is 15.0. The quantitative estimate of drug-likeness (QED) is 0.352. The Labute approximate surface area is 186 Å². The van der Waals surface area contributed by atoms with Crippen LogP contribution >= 0.6 is 11.6 Å². The topological polar surface area (TPSA) is 82.3 Å². The number of pyridine rings is 2. The lowest BCUT2D eigenvalue weighted by molar-refractivity contribution is 0.301. The molecule has 7 heteroatoms. The zero-order chi connectivity index (χ0) is 21.8. The van der Waals surface area contributed by atoms with E-state index in [-0.39, 0.29) is 0 Å². The lowest BCUT2D eigenvalue weighted by Gasteiger charge is -2.15. The van der Waals surface area contributed by atoms with E-state index >= 15 is 0 Å². The monoisotopic (exact) mass is 434 g/mol. The van der Waals surface area contributed by atoms with Gasteiger partial charge in [-0.2, -0.15) is 0 Å². The number of hydrogen-bond acceptors (Lipinski definition) is 6. The van der Waals surface area contributed by atoms with E-state index < -0.39 is 0 Å². The number of anilines is 3. The Morgan fingerprint density at radius 2 is 1.90 bits per heavy atom. The van der Waals surface area contributed by atoms with Gasteiger partial charge < -0.3 is 20.5 Å². The first kappa shape index (κ1) is 20.8. The molecular weight excluding hydrogens is 412 g/mol. The van der Waals surface area contributed by atoms with Crippen molar-refractivity contribution >= 4 is 39.6 Å². The molecule has 0 amide bonds. The van der Waals surface area contributed by atoms with Crippen LogP contribution in [0.2, 0.25) is 5.02 Å². The van der Waals surface area contributed by atoms with Crippen LogP contribution in [0.5, 0.6) is 11.5 Å². The van der Waals surface area contributed by atoms with Crippen molar-refractivity contribution in [2.45, 2.75) is 20.5 Å². The van der Waals surface area contributed by atoms with E-state index in [9.17, 15) is 0 Å². The molecule has 6 nitrogen and oxygen atoms in total. The Kier molecular flexibility index (Phi) is 6.09. The number of nitrogen functional groups attached to an aromatic ring is 1. The molecule has 0 bridgehead atoms. The molecule has 0 spiro atoms. The summed E-state index contributed by atoms with van der Waals surface area (Å²) in [5, 5.41) is 4.83. The van der Waals surface area contributed by atoms with E-state index in [4.69, 9.17) is 26.8 Å². The first-order valence-electron chi connectivity index (χ1n) is 9.96. The number of nitrogens with one attached hydrogen (secondary N) is 1. The Balaban J connectivity index is 1.58. The lowest BCUT2D eigenvalue weighted by atomic mass is 10.1. The Morgan fingerprint density at radius 1 is 1.03 bits per heavy atom. The van der Waals surface area contributed by atoms with Crippen LogP contribution in [0, 0.1) is 6.92 Å². The number of fused-ring (bicyclic) bond motifs is 1. The van der Waals surface area contributed by atoms with Gasteiger partial charge in [0.25, 0.3) is 0 Å². The van der Waals surface area contributed by atoms with Crippen LogP contribution in [-0.4, -0.2) is 16.6 Å². The minimum absolute atomic E-state index is 0.350. The fourth-order valence-corrected chi connectivity index (χ4v) is 3.51. The van der Waals surface area contributed by atoms with E-state index in [0.29, 0.717) is 35.4 Å². The van der Waals surface area contributed by atoms with Crippen molar-refractivity contribution in [3.8, 4) is 11.5 Å². The van der Waals surface area contributed by atoms with Crippen LogP contribution in [0.4, 0.5) is 17.1 Å². The van der Waals surface area contributed by atoms with Gasteiger partial charge in [0.2, 0.25) is 0 Å². The van der Waals surface area contributed by atoms with Gasteiger partial charge in [0.1, 0.15) is 18.1 Å². The summed E-state index contributed by atoms with van der Waals surface area (Å²) in [6, 6.07) is 17.0. The van der Waals surface area contributed by atoms with Crippen molar-refractivity contribution in [2.75, 3.05) is 17.7 Å². The molecule has 0 saturated heterocycles. The van der Waals surface area contributed by atoms with Gasteiger partial charge in [-0.05, 0) is 56.3 Å². The molecule has 3 N–H and O–H groups in total. The van der Waals surface area contributed by atoms with Crippen LogP contribution in [-0.2, 0) is 6.61 Å². The van der Waals surface area contributed by atoms with E-state index in [1.54, 1.807) is 6.20 Å². The average molecular weight is 435 g/mol. The molecule has 0 atom stereocenters. The van der Waals surface area contributed by atoms with Gasteiger partial charge in [-0.3, -0.25) is 9.97 Å². The summed E-state index contributed by atoms with van der Waals surface area (Å²) in [6.45, 7) is 4.76. The lowest BCUT2D eigenvalue weighted by Crippen LogP contribution is -2.00. The fraction of sp³-hybridized carbons (Fsp3) is 0.167. The number of hydrogen-bond donors (Lipinski definition) is 2. The first-order valence-corrected chi connectivity index (χ1v) is 10.3. The van der Waals surface area contributed by atoms with Crippen LogP contribution in [0.1, 0.15) is 18.3 Å². The normalized spacial score (nSPS) is 10.8. The van der Waals surface area contributed by atoms with E-state index in [1.807, 2.05) is 68.4 Å². The highest BCUT2D eigenvalue weighted by Gasteiger charge is 2.11. The smallest absolute Gasteiger partial charge is 0.144 e. The maximum Gasteiger partial charge on any atom is 0.144 e. The molecule has 0 saturated carbocycles. The maximum atomic E-state index is 6.46. The molecule has 31 heavy (non-hydrogen) atoms. The molecule has 0 aliphatic carbocycles. The van der Waals surface area contributed by atoms with E-state index in [1.165, 1.54) is 0 Å². The predicted molar refractivity (Wildman–Crippen MR) is 125 cm³/mol. The van der Waals surface area contributed by atoms with Crippen molar-refractivity contribution in [3.05, 3.63) is 77.2 Å². The third-order valence-electron chi connectivity index (χ3n) is 4.68. The van der Waals surface area contributed by atoms with Crippen LogP contribution in [0.15, 0.2) is 60.8 Å². The zero-order valence-electron chi connectivity index (χ0n) is 17.4. The second-order valence-corrected chi connectivity index (χ2v) is 7.44. The minimum atomic E-state index is 0.350.